The van der Waals surface area contributed by atoms with E-state index in [1.54, 1.807) is 6.07 Å². The van der Waals surface area contributed by atoms with E-state index in [-0.39, 0.29) is 18.5 Å². The summed E-state index contributed by atoms with van der Waals surface area (Å²) in [5.74, 6) is 5.29. The Balaban J connectivity index is 2.19. The number of aliphatic hydroxyl groups is 1. The minimum Gasteiger partial charge on any atom is -0.487 e. The molecule has 0 radical (unpaired) electrons. The Hall–Kier alpha value is -1.57. The van der Waals surface area contributed by atoms with E-state index in [9.17, 15) is 4.39 Å². The van der Waals surface area contributed by atoms with Gasteiger partial charge in [-0.25, -0.2) is 4.39 Å². The molecule has 1 atom stereocenters. The molecule has 17 heavy (non-hydrogen) atoms. The Morgan fingerprint density at radius 1 is 1.53 bits per heavy atom. The second-order valence-corrected chi connectivity index (χ2v) is 3.70. The molecule has 1 fully saturated rings. The number of hydrogen-bond donors (Lipinski definition) is 1. The predicted molar refractivity (Wildman–Crippen MR) is 60.2 cm³/mol. The summed E-state index contributed by atoms with van der Waals surface area (Å²) in [6.07, 6.45) is 0.745. The molecular formula is C13H13FO3. The van der Waals surface area contributed by atoms with Crippen LogP contribution in [0.15, 0.2) is 18.2 Å². The van der Waals surface area contributed by atoms with Gasteiger partial charge in [0, 0.05) is 12.5 Å². The summed E-state index contributed by atoms with van der Waals surface area (Å²) in [5.41, 5.74) is 0.576. The van der Waals surface area contributed by atoms with Crippen LogP contribution in [-0.2, 0) is 4.74 Å². The molecule has 0 saturated carbocycles. The van der Waals surface area contributed by atoms with Gasteiger partial charge >= 0.3 is 0 Å². The Bertz CT molecular complexity index is 442. The smallest absolute Gasteiger partial charge is 0.138 e. The molecule has 90 valence electrons. The lowest BCUT2D eigenvalue weighted by Gasteiger charge is -2.13. The Labute approximate surface area is 99.2 Å². The minimum atomic E-state index is -0.367. The summed E-state index contributed by atoms with van der Waals surface area (Å²) in [5, 5.41) is 8.65. The third kappa shape index (κ3) is 3.19. The molecule has 0 bridgehead atoms. The molecule has 3 nitrogen and oxygen atoms in total. The first kappa shape index (κ1) is 11.9. The second kappa shape index (κ2) is 5.67. The highest BCUT2D eigenvalue weighted by atomic mass is 19.1. The molecule has 0 aliphatic carbocycles. The predicted octanol–water partition coefficient (Wildman–Crippen LogP) is 1.34. The average Bonchev–Trinajstić information content (AvgIpc) is 2.81. The van der Waals surface area contributed by atoms with Gasteiger partial charge in [-0.2, -0.15) is 0 Å². The summed E-state index contributed by atoms with van der Waals surface area (Å²) in [6.45, 7) is 0.949. The molecule has 1 aliphatic heterocycles. The van der Waals surface area contributed by atoms with Crippen LogP contribution in [0.1, 0.15) is 12.0 Å². The van der Waals surface area contributed by atoms with Gasteiger partial charge in [0.1, 0.15) is 24.3 Å². The van der Waals surface area contributed by atoms with Crippen molar-refractivity contribution < 1.29 is 19.0 Å². The van der Waals surface area contributed by atoms with E-state index in [1.165, 1.54) is 12.1 Å². The molecular weight excluding hydrogens is 223 g/mol. The van der Waals surface area contributed by atoms with Crippen LogP contribution >= 0.6 is 0 Å². The SMILES string of the molecule is OCC#Cc1ccc(F)cc1OC1CCOC1. The van der Waals surface area contributed by atoms with Crippen LogP contribution < -0.4 is 4.74 Å². The van der Waals surface area contributed by atoms with Crippen LogP contribution in [0.25, 0.3) is 0 Å². The van der Waals surface area contributed by atoms with Crippen molar-refractivity contribution in [2.45, 2.75) is 12.5 Å². The van der Waals surface area contributed by atoms with Crippen LogP contribution in [0.3, 0.4) is 0 Å². The Morgan fingerprint density at radius 3 is 3.12 bits per heavy atom. The summed E-state index contributed by atoms with van der Waals surface area (Å²) < 4.78 is 24.0. The maximum Gasteiger partial charge on any atom is 0.138 e. The molecule has 2 rings (SSSR count). The fourth-order valence-electron chi connectivity index (χ4n) is 1.62. The first-order valence-electron chi connectivity index (χ1n) is 5.43. The van der Waals surface area contributed by atoms with E-state index in [2.05, 4.69) is 11.8 Å². The van der Waals surface area contributed by atoms with E-state index in [0.29, 0.717) is 24.5 Å². The molecule has 1 saturated heterocycles. The van der Waals surface area contributed by atoms with Gasteiger partial charge in [-0.1, -0.05) is 11.8 Å². The van der Waals surface area contributed by atoms with Gasteiger partial charge in [-0.15, -0.1) is 0 Å². The highest BCUT2D eigenvalue weighted by Gasteiger charge is 2.18. The van der Waals surface area contributed by atoms with Crippen molar-refractivity contribution in [3.8, 4) is 17.6 Å². The molecule has 0 amide bonds. The van der Waals surface area contributed by atoms with Crippen molar-refractivity contribution >= 4 is 0 Å². The van der Waals surface area contributed by atoms with E-state index in [4.69, 9.17) is 14.6 Å². The van der Waals surface area contributed by atoms with Crippen LogP contribution in [0.5, 0.6) is 5.75 Å². The lowest BCUT2D eigenvalue weighted by Crippen LogP contribution is -2.16. The molecule has 1 aliphatic rings. The number of benzene rings is 1. The van der Waals surface area contributed by atoms with Crippen LogP contribution in [-0.4, -0.2) is 31.0 Å². The molecule has 0 spiro atoms. The highest BCUT2D eigenvalue weighted by Crippen LogP contribution is 2.22. The highest BCUT2D eigenvalue weighted by molar-refractivity contribution is 5.46. The number of ether oxygens (including phenoxy) is 2. The van der Waals surface area contributed by atoms with Crippen LogP contribution in [0.4, 0.5) is 4.39 Å². The molecule has 1 heterocycles. The zero-order chi connectivity index (χ0) is 12.1. The van der Waals surface area contributed by atoms with Crippen molar-refractivity contribution in [3.63, 3.8) is 0 Å². The van der Waals surface area contributed by atoms with Gasteiger partial charge in [-0.3, -0.25) is 0 Å². The molecule has 1 N–H and O–H groups in total. The monoisotopic (exact) mass is 236 g/mol. The van der Waals surface area contributed by atoms with Crippen LogP contribution in [0.2, 0.25) is 0 Å². The summed E-state index contributed by atoms with van der Waals surface area (Å²) in [4.78, 5) is 0. The second-order valence-electron chi connectivity index (χ2n) is 3.70. The van der Waals surface area contributed by atoms with Gasteiger partial charge in [-0.05, 0) is 12.1 Å². The number of hydrogen-bond acceptors (Lipinski definition) is 3. The average molecular weight is 236 g/mol. The number of halogens is 1. The normalized spacial score (nSPS) is 18.6. The van der Waals surface area contributed by atoms with E-state index in [0.717, 1.165) is 6.42 Å². The van der Waals surface area contributed by atoms with E-state index in [1.807, 2.05) is 0 Å². The largest absolute Gasteiger partial charge is 0.487 e. The van der Waals surface area contributed by atoms with Gasteiger partial charge in [0.2, 0.25) is 0 Å². The van der Waals surface area contributed by atoms with Gasteiger partial charge < -0.3 is 14.6 Å². The fourth-order valence-corrected chi connectivity index (χ4v) is 1.62. The van der Waals surface area contributed by atoms with E-state index >= 15 is 0 Å². The Kier molecular flexibility index (Phi) is 3.97. The zero-order valence-corrected chi connectivity index (χ0v) is 9.28. The molecule has 1 unspecified atom stereocenters. The molecule has 4 heteroatoms. The number of rotatable bonds is 2. The van der Waals surface area contributed by atoms with Crippen molar-refractivity contribution in [2.24, 2.45) is 0 Å². The standard InChI is InChI=1S/C13H13FO3/c14-11-4-3-10(2-1-6-15)13(8-11)17-12-5-7-16-9-12/h3-4,8,12,15H,5-7,9H2. The van der Waals surface area contributed by atoms with Crippen molar-refractivity contribution in [1.82, 2.24) is 0 Å². The molecule has 1 aromatic carbocycles. The van der Waals surface area contributed by atoms with Crippen molar-refractivity contribution in [1.29, 1.82) is 0 Å². The lowest BCUT2D eigenvalue weighted by molar-refractivity contribution is 0.141. The van der Waals surface area contributed by atoms with Gasteiger partial charge in [0.15, 0.2) is 0 Å². The first-order valence-corrected chi connectivity index (χ1v) is 5.43. The third-order valence-corrected chi connectivity index (χ3v) is 2.43. The summed E-state index contributed by atoms with van der Waals surface area (Å²) in [7, 11) is 0. The van der Waals surface area contributed by atoms with Gasteiger partial charge in [0.05, 0.1) is 18.8 Å². The Morgan fingerprint density at radius 2 is 2.41 bits per heavy atom. The third-order valence-electron chi connectivity index (χ3n) is 2.43. The minimum absolute atomic E-state index is 0.0496. The lowest BCUT2D eigenvalue weighted by atomic mass is 10.2. The fraction of sp³-hybridized carbons (Fsp3) is 0.385. The molecule has 1 aromatic rings. The van der Waals surface area contributed by atoms with Crippen molar-refractivity contribution in [2.75, 3.05) is 19.8 Å². The first-order chi connectivity index (χ1) is 8.29. The zero-order valence-electron chi connectivity index (χ0n) is 9.28. The maximum absolute atomic E-state index is 13.1. The molecule has 0 aromatic heterocycles. The maximum atomic E-state index is 13.1. The summed E-state index contributed by atoms with van der Waals surface area (Å²) >= 11 is 0. The van der Waals surface area contributed by atoms with E-state index < -0.39 is 0 Å². The van der Waals surface area contributed by atoms with Crippen LogP contribution in [0, 0.1) is 17.7 Å². The topological polar surface area (TPSA) is 38.7 Å². The van der Waals surface area contributed by atoms with Crippen molar-refractivity contribution in [3.05, 3.63) is 29.6 Å². The van der Waals surface area contributed by atoms with Gasteiger partial charge in [0.25, 0.3) is 0 Å². The quantitative estimate of drug-likeness (QED) is 0.787. The number of aliphatic hydroxyl groups excluding tert-OH is 1. The summed E-state index contributed by atoms with van der Waals surface area (Å²) in [6, 6.07) is 4.17.